The number of oxime groups is 1. The molecule has 1 saturated carbocycles. The van der Waals surface area contributed by atoms with Crippen LogP contribution in [-0.4, -0.2) is 28.1 Å². The number of carbonyl (C=O) groups excluding carboxylic acids is 1. The van der Waals surface area contributed by atoms with Gasteiger partial charge in [0, 0.05) is 18.0 Å². The number of aromatic nitrogens is 1. The fourth-order valence-electron chi connectivity index (χ4n) is 2.13. The Morgan fingerprint density at radius 3 is 3.12 bits per heavy atom. The number of nitrogens with zero attached hydrogens (tertiary/aromatic N) is 2. The van der Waals surface area contributed by atoms with Crippen LogP contribution in [0.5, 0.6) is 0 Å². The van der Waals surface area contributed by atoms with E-state index in [4.69, 9.17) is 10.9 Å². The van der Waals surface area contributed by atoms with Crippen LogP contribution in [0.3, 0.4) is 0 Å². The van der Waals surface area contributed by atoms with Crippen molar-refractivity contribution in [3.8, 4) is 0 Å². The summed E-state index contributed by atoms with van der Waals surface area (Å²) in [7, 11) is 0. The highest BCUT2D eigenvalue weighted by Gasteiger charge is 2.32. The van der Waals surface area contributed by atoms with Crippen molar-refractivity contribution < 1.29 is 14.5 Å². The van der Waals surface area contributed by atoms with Crippen LogP contribution in [0.1, 0.15) is 29.8 Å². The Morgan fingerprint density at radius 1 is 1.65 bits per heavy atom. The van der Waals surface area contributed by atoms with Crippen molar-refractivity contribution in [1.82, 2.24) is 10.5 Å². The molecule has 17 heavy (non-hydrogen) atoms. The van der Waals surface area contributed by atoms with E-state index in [1.165, 1.54) is 12.3 Å². The zero-order chi connectivity index (χ0) is 12.3. The Kier molecular flexibility index (Phi) is 3.27. The van der Waals surface area contributed by atoms with Gasteiger partial charge in [-0.05, 0) is 12.8 Å². The first-order valence-electron chi connectivity index (χ1n) is 5.41. The lowest BCUT2D eigenvalue weighted by Crippen LogP contribution is -2.42. The zero-order valence-electron chi connectivity index (χ0n) is 9.17. The van der Waals surface area contributed by atoms with Crippen LogP contribution in [0.2, 0.25) is 0 Å². The van der Waals surface area contributed by atoms with Crippen LogP contribution in [-0.2, 0) is 0 Å². The second kappa shape index (κ2) is 4.86. The van der Waals surface area contributed by atoms with Crippen LogP contribution >= 0.6 is 0 Å². The number of hydrogen-bond donors (Lipinski definition) is 3. The number of nitrogens with two attached hydrogens (primary N) is 1. The van der Waals surface area contributed by atoms with Crippen molar-refractivity contribution in [2.75, 3.05) is 0 Å². The number of amides is 1. The molecule has 7 nitrogen and oxygen atoms in total. The molecule has 92 valence electrons. The molecule has 0 radical (unpaired) electrons. The number of nitrogens with one attached hydrogen (secondary N) is 1. The largest absolute Gasteiger partial charge is 0.409 e. The van der Waals surface area contributed by atoms with E-state index in [0.29, 0.717) is 0 Å². The van der Waals surface area contributed by atoms with Gasteiger partial charge < -0.3 is 20.8 Å². The van der Waals surface area contributed by atoms with E-state index in [-0.39, 0.29) is 29.4 Å². The smallest absolute Gasteiger partial charge is 0.273 e. The summed E-state index contributed by atoms with van der Waals surface area (Å²) in [5, 5.41) is 18.0. The average molecular weight is 238 g/mol. The SMILES string of the molecule is NC(=NO)C1CCCC1NC(=O)c1ccon1. The van der Waals surface area contributed by atoms with Crippen LogP contribution in [0.4, 0.5) is 0 Å². The van der Waals surface area contributed by atoms with E-state index in [1.54, 1.807) is 0 Å². The number of hydrogen-bond acceptors (Lipinski definition) is 5. The quantitative estimate of drug-likeness (QED) is 0.303. The third-order valence-electron chi connectivity index (χ3n) is 3.00. The molecular formula is C10H14N4O3. The lowest BCUT2D eigenvalue weighted by molar-refractivity contribution is 0.0924. The summed E-state index contributed by atoms with van der Waals surface area (Å²) < 4.78 is 4.60. The first-order chi connectivity index (χ1) is 8.22. The van der Waals surface area contributed by atoms with Gasteiger partial charge in [0.1, 0.15) is 12.1 Å². The van der Waals surface area contributed by atoms with Gasteiger partial charge >= 0.3 is 0 Å². The van der Waals surface area contributed by atoms with Crippen molar-refractivity contribution in [3.63, 3.8) is 0 Å². The van der Waals surface area contributed by atoms with Crippen LogP contribution < -0.4 is 11.1 Å². The lowest BCUT2D eigenvalue weighted by atomic mass is 10.0. The maximum atomic E-state index is 11.7. The van der Waals surface area contributed by atoms with E-state index >= 15 is 0 Å². The minimum absolute atomic E-state index is 0.115. The van der Waals surface area contributed by atoms with E-state index in [9.17, 15) is 4.79 Å². The lowest BCUT2D eigenvalue weighted by Gasteiger charge is -2.18. The standard InChI is InChI=1S/C10H14N4O3/c11-9(13-16)6-2-1-3-7(6)12-10(15)8-4-5-17-14-8/h4-7,16H,1-3H2,(H2,11,13)(H,12,15). The molecule has 7 heteroatoms. The summed E-state index contributed by atoms with van der Waals surface area (Å²) in [6.45, 7) is 0. The maximum absolute atomic E-state index is 11.7. The van der Waals surface area contributed by atoms with Gasteiger partial charge in [0.25, 0.3) is 5.91 Å². The number of rotatable bonds is 3. The van der Waals surface area contributed by atoms with Crippen molar-refractivity contribution in [2.24, 2.45) is 16.8 Å². The highest BCUT2D eigenvalue weighted by molar-refractivity contribution is 5.93. The minimum atomic E-state index is -0.304. The van der Waals surface area contributed by atoms with Crippen LogP contribution in [0, 0.1) is 5.92 Å². The van der Waals surface area contributed by atoms with Gasteiger partial charge in [-0.3, -0.25) is 4.79 Å². The van der Waals surface area contributed by atoms with E-state index in [0.717, 1.165) is 19.3 Å². The van der Waals surface area contributed by atoms with Gasteiger partial charge in [-0.1, -0.05) is 16.7 Å². The Labute approximate surface area is 97.6 Å². The Bertz CT molecular complexity index is 415. The van der Waals surface area contributed by atoms with Gasteiger partial charge in [-0.2, -0.15) is 0 Å². The molecule has 2 unspecified atom stereocenters. The van der Waals surface area contributed by atoms with Gasteiger partial charge in [-0.15, -0.1) is 0 Å². The van der Waals surface area contributed by atoms with Gasteiger partial charge in [0.15, 0.2) is 5.69 Å². The van der Waals surface area contributed by atoms with Gasteiger partial charge in [0.05, 0.1) is 0 Å². The highest BCUT2D eigenvalue weighted by Crippen LogP contribution is 2.26. The third-order valence-corrected chi connectivity index (χ3v) is 3.00. The maximum Gasteiger partial charge on any atom is 0.273 e. The molecule has 2 atom stereocenters. The highest BCUT2D eigenvalue weighted by atomic mass is 16.5. The zero-order valence-corrected chi connectivity index (χ0v) is 9.17. The predicted molar refractivity (Wildman–Crippen MR) is 58.5 cm³/mol. The second-order valence-corrected chi connectivity index (χ2v) is 4.03. The molecule has 1 aliphatic carbocycles. The fourth-order valence-corrected chi connectivity index (χ4v) is 2.13. The third kappa shape index (κ3) is 2.38. The minimum Gasteiger partial charge on any atom is -0.409 e. The summed E-state index contributed by atoms with van der Waals surface area (Å²) in [6.07, 6.45) is 3.89. The molecule has 1 aliphatic rings. The molecule has 2 rings (SSSR count). The predicted octanol–water partition coefficient (Wildman–Crippen LogP) is 0.319. The van der Waals surface area contributed by atoms with E-state index in [2.05, 4.69) is 20.2 Å². The summed E-state index contributed by atoms with van der Waals surface area (Å²) in [6, 6.07) is 1.37. The molecule has 1 heterocycles. The van der Waals surface area contributed by atoms with Gasteiger partial charge in [0.2, 0.25) is 0 Å². The average Bonchev–Trinajstić information content (AvgIpc) is 2.98. The first-order valence-corrected chi connectivity index (χ1v) is 5.41. The molecule has 1 aromatic rings. The molecule has 1 fully saturated rings. The monoisotopic (exact) mass is 238 g/mol. The van der Waals surface area contributed by atoms with Crippen molar-refractivity contribution in [2.45, 2.75) is 25.3 Å². The van der Waals surface area contributed by atoms with Gasteiger partial charge in [-0.25, -0.2) is 0 Å². The Balaban J connectivity index is 2.01. The summed E-state index contributed by atoms with van der Waals surface area (Å²) in [4.78, 5) is 11.7. The molecule has 4 N–H and O–H groups in total. The molecule has 0 aliphatic heterocycles. The Hall–Kier alpha value is -2.05. The van der Waals surface area contributed by atoms with Crippen LogP contribution in [0.15, 0.2) is 22.0 Å². The summed E-state index contributed by atoms with van der Waals surface area (Å²) >= 11 is 0. The fraction of sp³-hybridized carbons (Fsp3) is 0.500. The summed E-state index contributed by atoms with van der Waals surface area (Å²) in [5.41, 5.74) is 5.81. The molecule has 1 aromatic heterocycles. The summed E-state index contributed by atoms with van der Waals surface area (Å²) in [5.74, 6) is -0.259. The number of carbonyl (C=O) groups is 1. The normalized spacial score (nSPS) is 24.8. The molecule has 0 aromatic carbocycles. The molecule has 0 bridgehead atoms. The molecule has 0 spiro atoms. The Morgan fingerprint density at radius 2 is 2.47 bits per heavy atom. The molecule has 1 amide bonds. The second-order valence-electron chi connectivity index (χ2n) is 4.03. The number of amidine groups is 1. The molecular weight excluding hydrogens is 224 g/mol. The van der Waals surface area contributed by atoms with Crippen molar-refractivity contribution in [1.29, 1.82) is 0 Å². The van der Waals surface area contributed by atoms with Crippen molar-refractivity contribution in [3.05, 3.63) is 18.0 Å². The topological polar surface area (TPSA) is 114 Å². The van der Waals surface area contributed by atoms with Crippen LogP contribution in [0.25, 0.3) is 0 Å². The van der Waals surface area contributed by atoms with E-state index in [1.807, 2.05) is 0 Å². The first kappa shape index (κ1) is 11.4. The molecule has 0 saturated heterocycles. The van der Waals surface area contributed by atoms with Crippen molar-refractivity contribution >= 4 is 11.7 Å². The van der Waals surface area contributed by atoms with E-state index < -0.39 is 0 Å².